The topological polar surface area (TPSA) is 83.5 Å². The molecule has 1 aliphatic heterocycles. The lowest BCUT2D eigenvalue weighted by molar-refractivity contribution is -0.156. The summed E-state index contributed by atoms with van der Waals surface area (Å²) in [7, 11) is 0. The number of nitrogens with one attached hydrogen (secondary N) is 1. The summed E-state index contributed by atoms with van der Waals surface area (Å²) >= 11 is 0. The summed E-state index contributed by atoms with van der Waals surface area (Å²) in [6.45, 7) is 3.97. The van der Waals surface area contributed by atoms with Gasteiger partial charge in [0.1, 0.15) is 17.8 Å². The first-order valence-corrected chi connectivity index (χ1v) is 12.1. The van der Waals surface area contributed by atoms with Gasteiger partial charge < -0.3 is 14.6 Å². The molecular weight excluding hydrogens is 438 g/mol. The Labute approximate surface area is 204 Å². The van der Waals surface area contributed by atoms with Crippen molar-refractivity contribution in [2.75, 3.05) is 31.1 Å². The van der Waals surface area contributed by atoms with E-state index in [0.29, 0.717) is 39.1 Å². The SMILES string of the molecule is CCOC(=O)C1(CN=C(c2ccccc2)c2ccccc2)CCN(c2ncnc3[nH]ccc23)CC1. The van der Waals surface area contributed by atoms with Crippen LogP contribution in [0.15, 0.2) is 84.2 Å². The lowest BCUT2D eigenvalue weighted by atomic mass is 9.78. The van der Waals surface area contributed by atoms with Crippen LogP contribution in [0.25, 0.3) is 11.0 Å². The van der Waals surface area contributed by atoms with Gasteiger partial charge in [0.25, 0.3) is 0 Å². The molecule has 2 aromatic heterocycles. The van der Waals surface area contributed by atoms with Crippen molar-refractivity contribution in [3.05, 3.63) is 90.4 Å². The number of carbonyl (C=O) groups is 1. The van der Waals surface area contributed by atoms with Crippen molar-refractivity contribution in [3.8, 4) is 0 Å². The molecule has 7 heteroatoms. The van der Waals surface area contributed by atoms with Crippen molar-refractivity contribution in [2.24, 2.45) is 10.4 Å². The zero-order valence-corrected chi connectivity index (χ0v) is 19.9. The van der Waals surface area contributed by atoms with Crippen molar-refractivity contribution in [1.29, 1.82) is 0 Å². The maximum Gasteiger partial charge on any atom is 0.314 e. The Balaban J connectivity index is 1.44. The number of esters is 1. The van der Waals surface area contributed by atoms with E-state index in [0.717, 1.165) is 33.7 Å². The molecule has 0 radical (unpaired) electrons. The third-order valence-corrected chi connectivity index (χ3v) is 6.70. The zero-order valence-electron chi connectivity index (χ0n) is 19.9. The Morgan fingerprint density at radius 3 is 2.29 bits per heavy atom. The van der Waals surface area contributed by atoms with Gasteiger partial charge in [-0.25, -0.2) is 9.97 Å². The van der Waals surface area contributed by atoms with Crippen LogP contribution in [0, 0.1) is 5.41 Å². The van der Waals surface area contributed by atoms with Crippen LogP contribution in [-0.4, -0.2) is 52.9 Å². The summed E-state index contributed by atoms with van der Waals surface area (Å²) in [5, 5.41) is 0.990. The summed E-state index contributed by atoms with van der Waals surface area (Å²) in [6.07, 6.45) is 4.74. The number of hydrogen-bond acceptors (Lipinski definition) is 6. The molecule has 1 aliphatic rings. The van der Waals surface area contributed by atoms with E-state index in [1.165, 1.54) is 0 Å². The molecule has 4 aromatic rings. The highest BCUT2D eigenvalue weighted by atomic mass is 16.5. The summed E-state index contributed by atoms with van der Waals surface area (Å²) < 4.78 is 5.57. The molecule has 1 saturated heterocycles. The molecule has 7 nitrogen and oxygen atoms in total. The van der Waals surface area contributed by atoms with Crippen LogP contribution in [0.3, 0.4) is 0 Å². The van der Waals surface area contributed by atoms with E-state index < -0.39 is 5.41 Å². The molecule has 0 amide bonds. The number of anilines is 1. The minimum Gasteiger partial charge on any atom is -0.466 e. The van der Waals surface area contributed by atoms with E-state index in [1.54, 1.807) is 6.33 Å². The largest absolute Gasteiger partial charge is 0.466 e. The van der Waals surface area contributed by atoms with Crippen molar-refractivity contribution < 1.29 is 9.53 Å². The number of piperidine rings is 1. The van der Waals surface area contributed by atoms with Crippen LogP contribution in [0.4, 0.5) is 5.82 Å². The predicted molar refractivity (Wildman–Crippen MR) is 138 cm³/mol. The van der Waals surface area contributed by atoms with Gasteiger partial charge in [0, 0.05) is 30.4 Å². The van der Waals surface area contributed by atoms with Crippen molar-refractivity contribution in [3.63, 3.8) is 0 Å². The lowest BCUT2D eigenvalue weighted by Gasteiger charge is -2.39. The Morgan fingerprint density at radius 2 is 1.66 bits per heavy atom. The average molecular weight is 468 g/mol. The Morgan fingerprint density at radius 1 is 1.00 bits per heavy atom. The number of aromatic nitrogens is 3. The number of rotatable bonds is 7. The van der Waals surface area contributed by atoms with Crippen LogP contribution in [0.5, 0.6) is 0 Å². The molecular formula is C28H29N5O2. The van der Waals surface area contributed by atoms with Gasteiger partial charge in [-0.2, -0.15) is 0 Å². The number of benzene rings is 2. The number of ether oxygens (including phenoxy) is 1. The Hall–Kier alpha value is -4.00. The monoisotopic (exact) mass is 467 g/mol. The molecule has 1 fully saturated rings. The van der Waals surface area contributed by atoms with Gasteiger partial charge in [0.2, 0.25) is 0 Å². The first kappa shape index (κ1) is 22.8. The fraction of sp³-hybridized carbons (Fsp3) is 0.286. The van der Waals surface area contributed by atoms with Crippen LogP contribution < -0.4 is 4.90 Å². The van der Waals surface area contributed by atoms with E-state index in [4.69, 9.17) is 9.73 Å². The molecule has 1 N–H and O–H groups in total. The summed E-state index contributed by atoms with van der Waals surface area (Å²) in [5.74, 6) is 0.727. The fourth-order valence-electron chi connectivity index (χ4n) is 4.74. The number of aliphatic imine (C=N–C) groups is 1. The van der Waals surface area contributed by atoms with Crippen molar-refractivity contribution in [2.45, 2.75) is 19.8 Å². The molecule has 3 heterocycles. The second-order valence-corrected chi connectivity index (χ2v) is 8.82. The highest BCUT2D eigenvalue weighted by molar-refractivity contribution is 6.13. The van der Waals surface area contributed by atoms with Gasteiger partial charge in [-0.3, -0.25) is 9.79 Å². The van der Waals surface area contributed by atoms with Crippen LogP contribution in [0.2, 0.25) is 0 Å². The number of nitrogens with zero attached hydrogens (tertiary/aromatic N) is 4. The Bertz CT molecular complexity index is 1270. The number of fused-ring (bicyclic) bond motifs is 1. The smallest absolute Gasteiger partial charge is 0.314 e. The number of carbonyl (C=O) groups excluding carboxylic acids is 1. The first-order valence-electron chi connectivity index (χ1n) is 12.1. The molecule has 5 rings (SSSR count). The zero-order chi connectivity index (χ0) is 24.1. The first-order chi connectivity index (χ1) is 17.2. The maximum absolute atomic E-state index is 13.3. The summed E-state index contributed by atoms with van der Waals surface area (Å²) in [6, 6.07) is 22.3. The molecule has 178 valence electrons. The second-order valence-electron chi connectivity index (χ2n) is 8.82. The standard InChI is InChI=1S/C28H29N5O2/c1-2-35-27(34)28(14-17-33(18-15-28)26-23-13-16-29-25(23)31-20-32-26)19-30-24(21-9-5-3-6-10-21)22-11-7-4-8-12-22/h3-13,16,20H,2,14-15,17-19H2,1H3,(H,29,31,32). The molecule has 35 heavy (non-hydrogen) atoms. The molecule has 0 spiro atoms. The number of hydrogen-bond donors (Lipinski definition) is 1. The van der Waals surface area contributed by atoms with Gasteiger partial charge in [0.15, 0.2) is 0 Å². The molecule has 0 unspecified atom stereocenters. The molecule has 2 aromatic carbocycles. The lowest BCUT2D eigenvalue weighted by Crippen LogP contribution is -2.47. The van der Waals surface area contributed by atoms with Gasteiger partial charge in [-0.05, 0) is 25.8 Å². The quantitative estimate of drug-likeness (QED) is 0.316. The molecule has 0 saturated carbocycles. The van der Waals surface area contributed by atoms with E-state index in [-0.39, 0.29) is 5.97 Å². The minimum absolute atomic E-state index is 0.168. The van der Waals surface area contributed by atoms with E-state index in [2.05, 4.69) is 44.1 Å². The highest BCUT2D eigenvalue weighted by Crippen LogP contribution is 2.36. The maximum atomic E-state index is 13.3. The van der Waals surface area contributed by atoms with E-state index in [9.17, 15) is 4.79 Å². The average Bonchev–Trinajstić information content (AvgIpc) is 3.40. The Kier molecular flexibility index (Phi) is 6.57. The third-order valence-electron chi connectivity index (χ3n) is 6.70. The van der Waals surface area contributed by atoms with Gasteiger partial charge in [0.05, 0.1) is 29.7 Å². The normalized spacial score (nSPS) is 15.1. The van der Waals surface area contributed by atoms with Crippen molar-refractivity contribution >= 4 is 28.5 Å². The summed E-state index contributed by atoms with van der Waals surface area (Å²) in [4.78, 5) is 32.6. The second kappa shape index (κ2) is 10.1. The predicted octanol–water partition coefficient (Wildman–Crippen LogP) is 4.65. The highest BCUT2D eigenvalue weighted by Gasteiger charge is 2.43. The molecule has 0 atom stereocenters. The number of H-pyrrole nitrogens is 1. The third kappa shape index (κ3) is 4.67. The minimum atomic E-state index is -0.675. The van der Waals surface area contributed by atoms with Gasteiger partial charge >= 0.3 is 5.97 Å². The van der Waals surface area contributed by atoms with Crippen LogP contribution in [-0.2, 0) is 9.53 Å². The van der Waals surface area contributed by atoms with Gasteiger partial charge in [-0.1, -0.05) is 60.7 Å². The van der Waals surface area contributed by atoms with Crippen LogP contribution >= 0.6 is 0 Å². The molecule has 0 bridgehead atoms. The fourth-order valence-corrected chi connectivity index (χ4v) is 4.74. The number of aromatic amines is 1. The van der Waals surface area contributed by atoms with Crippen molar-refractivity contribution in [1.82, 2.24) is 15.0 Å². The molecule has 0 aliphatic carbocycles. The summed E-state index contributed by atoms with van der Waals surface area (Å²) in [5.41, 5.74) is 3.10. The van der Waals surface area contributed by atoms with E-state index in [1.807, 2.05) is 55.6 Å². The van der Waals surface area contributed by atoms with E-state index >= 15 is 0 Å². The van der Waals surface area contributed by atoms with Crippen LogP contribution in [0.1, 0.15) is 30.9 Å². The van der Waals surface area contributed by atoms with Gasteiger partial charge in [-0.15, -0.1) is 0 Å².